The Morgan fingerprint density at radius 3 is 2.43 bits per heavy atom. The van der Waals surface area contributed by atoms with E-state index in [0.29, 0.717) is 12.0 Å². The van der Waals surface area contributed by atoms with Gasteiger partial charge in [-0.2, -0.15) is 0 Å². The molecule has 1 aliphatic rings. The molecule has 21 heavy (non-hydrogen) atoms. The molecule has 8 heteroatoms. The van der Waals surface area contributed by atoms with E-state index in [9.17, 15) is 22.4 Å². The van der Waals surface area contributed by atoms with Crippen LogP contribution in [0.3, 0.4) is 0 Å². The molecule has 1 aliphatic heterocycles. The predicted octanol–water partition coefficient (Wildman–Crippen LogP) is -0.255. The Morgan fingerprint density at radius 2 is 1.86 bits per heavy atom. The number of hydrogen-bond acceptors (Lipinski definition) is 4. The third-order valence-corrected chi connectivity index (χ3v) is 4.91. The van der Waals surface area contributed by atoms with Crippen molar-refractivity contribution in [3.8, 4) is 0 Å². The Balaban J connectivity index is 1.80. The number of nitrogens with one attached hydrogen (secondary N) is 2. The summed E-state index contributed by atoms with van der Waals surface area (Å²) in [4.78, 5) is 23.2. The highest BCUT2D eigenvalue weighted by Crippen LogP contribution is 2.10. The van der Waals surface area contributed by atoms with Crippen LogP contribution in [0, 0.1) is 5.82 Å². The Hall–Kier alpha value is -1.96. The fourth-order valence-corrected chi connectivity index (χ4v) is 3.70. The van der Waals surface area contributed by atoms with E-state index in [0.717, 1.165) is 0 Å². The summed E-state index contributed by atoms with van der Waals surface area (Å²) in [5.41, 5.74) is 0.654. The highest BCUT2D eigenvalue weighted by molar-refractivity contribution is 7.91. The fraction of sp³-hybridized carbons (Fsp3) is 0.385. The van der Waals surface area contributed by atoms with E-state index in [-0.39, 0.29) is 23.9 Å². The summed E-state index contributed by atoms with van der Waals surface area (Å²) in [6.45, 7) is 0.0928. The molecule has 0 spiro atoms. The molecule has 0 saturated carbocycles. The predicted molar refractivity (Wildman–Crippen MR) is 73.4 cm³/mol. The van der Waals surface area contributed by atoms with Crippen molar-refractivity contribution in [2.75, 3.05) is 11.5 Å². The first-order chi connectivity index (χ1) is 9.85. The largest absolute Gasteiger partial charge is 0.344 e. The molecular weight excluding hydrogens is 299 g/mol. The summed E-state index contributed by atoms with van der Waals surface area (Å²) in [5.74, 6) is -2.20. The average Bonchev–Trinajstić information content (AvgIpc) is 2.77. The lowest BCUT2D eigenvalue weighted by Gasteiger charge is -2.10. The quantitative estimate of drug-likeness (QED) is 0.752. The standard InChI is InChI=1S/C13H15FN2O4S/c14-10-3-1-9(2-4-10)7-15-12(17)13(18)16-11-5-6-21(19,20)8-11/h1-4,11H,5-8H2,(H,15,17)(H,16,18). The molecule has 6 nitrogen and oxygen atoms in total. The highest BCUT2D eigenvalue weighted by Gasteiger charge is 2.30. The highest BCUT2D eigenvalue weighted by atomic mass is 32.2. The van der Waals surface area contributed by atoms with E-state index in [4.69, 9.17) is 0 Å². The Kier molecular flexibility index (Phi) is 4.56. The monoisotopic (exact) mass is 314 g/mol. The molecule has 1 fully saturated rings. The van der Waals surface area contributed by atoms with Crippen LogP contribution in [0.25, 0.3) is 0 Å². The molecule has 2 N–H and O–H groups in total. The van der Waals surface area contributed by atoms with Gasteiger partial charge in [-0.3, -0.25) is 9.59 Å². The number of benzene rings is 1. The van der Waals surface area contributed by atoms with Crippen LogP contribution in [0.1, 0.15) is 12.0 Å². The first kappa shape index (κ1) is 15.4. The van der Waals surface area contributed by atoms with Crippen molar-refractivity contribution in [2.45, 2.75) is 19.0 Å². The molecule has 1 unspecified atom stereocenters. The van der Waals surface area contributed by atoms with Gasteiger partial charge in [-0.1, -0.05) is 12.1 Å². The molecule has 114 valence electrons. The van der Waals surface area contributed by atoms with Crippen molar-refractivity contribution in [2.24, 2.45) is 0 Å². The molecule has 0 radical (unpaired) electrons. The lowest BCUT2D eigenvalue weighted by Crippen LogP contribution is -2.44. The second-order valence-corrected chi connectivity index (χ2v) is 7.11. The number of sulfone groups is 1. The van der Waals surface area contributed by atoms with E-state index in [2.05, 4.69) is 10.6 Å². The van der Waals surface area contributed by atoms with Gasteiger partial charge in [-0.15, -0.1) is 0 Å². The van der Waals surface area contributed by atoms with Crippen molar-refractivity contribution in [1.29, 1.82) is 0 Å². The zero-order valence-electron chi connectivity index (χ0n) is 11.1. The molecule has 0 bridgehead atoms. The molecule has 1 heterocycles. The summed E-state index contributed by atoms with van der Waals surface area (Å²) in [5, 5.41) is 4.78. The number of hydrogen-bond donors (Lipinski definition) is 2. The molecule has 1 aromatic rings. The van der Waals surface area contributed by atoms with Gasteiger partial charge in [0, 0.05) is 12.6 Å². The molecule has 2 rings (SSSR count). The maximum absolute atomic E-state index is 12.7. The van der Waals surface area contributed by atoms with Gasteiger partial charge in [0.05, 0.1) is 11.5 Å². The van der Waals surface area contributed by atoms with Crippen LogP contribution in [0.2, 0.25) is 0 Å². The number of amides is 2. The smallest absolute Gasteiger partial charge is 0.309 e. The van der Waals surface area contributed by atoms with Gasteiger partial charge < -0.3 is 10.6 Å². The minimum atomic E-state index is -3.11. The van der Waals surface area contributed by atoms with Crippen LogP contribution in [0.5, 0.6) is 0 Å². The second kappa shape index (κ2) is 6.21. The lowest BCUT2D eigenvalue weighted by molar-refractivity contribution is -0.139. The van der Waals surface area contributed by atoms with E-state index in [1.807, 2.05) is 0 Å². The third-order valence-electron chi connectivity index (χ3n) is 3.14. The van der Waals surface area contributed by atoms with Crippen molar-refractivity contribution >= 4 is 21.7 Å². The second-order valence-electron chi connectivity index (χ2n) is 4.88. The summed E-state index contributed by atoms with van der Waals surface area (Å²) in [6, 6.07) is 4.99. The van der Waals surface area contributed by atoms with E-state index >= 15 is 0 Å². The SMILES string of the molecule is O=C(NCc1ccc(F)cc1)C(=O)NC1CCS(=O)(=O)C1. The van der Waals surface area contributed by atoms with Crippen LogP contribution >= 0.6 is 0 Å². The Labute approximate surface area is 121 Å². The van der Waals surface area contributed by atoms with Crippen molar-refractivity contribution < 1.29 is 22.4 Å². The number of carbonyl (C=O) groups is 2. The minimum absolute atomic E-state index is 0.0230. The summed E-state index contributed by atoms with van der Waals surface area (Å²) < 4.78 is 35.2. The number of rotatable bonds is 3. The Morgan fingerprint density at radius 1 is 1.19 bits per heavy atom. The first-order valence-electron chi connectivity index (χ1n) is 6.39. The summed E-state index contributed by atoms with van der Waals surface area (Å²) in [6.07, 6.45) is 0.319. The van der Waals surface area contributed by atoms with Gasteiger partial charge in [0.25, 0.3) is 0 Å². The van der Waals surface area contributed by atoms with Gasteiger partial charge in [0.15, 0.2) is 9.84 Å². The van der Waals surface area contributed by atoms with Crippen LogP contribution in [0.4, 0.5) is 4.39 Å². The molecule has 1 aromatic carbocycles. The van der Waals surface area contributed by atoms with Gasteiger partial charge in [0.2, 0.25) is 0 Å². The topological polar surface area (TPSA) is 92.3 Å². The third kappa shape index (κ3) is 4.52. The van der Waals surface area contributed by atoms with E-state index in [1.165, 1.54) is 24.3 Å². The maximum Gasteiger partial charge on any atom is 0.309 e. The molecule has 0 aliphatic carbocycles. The van der Waals surface area contributed by atoms with Crippen molar-refractivity contribution in [1.82, 2.24) is 10.6 Å². The molecular formula is C13H15FN2O4S. The Bertz CT molecular complexity index is 643. The van der Waals surface area contributed by atoms with Gasteiger partial charge in [-0.05, 0) is 24.1 Å². The zero-order valence-corrected chi connectivity index (χ0v) is 12.0. The fourth-order valence-electron chi connectivity index (χ4n) is 2.02. The summed E-state index contributed by atoms with van der Waals surface area (Å²) >= 11 is 0. The van der Waals surface area contributed by atoms with E-state index < -0.39 is 27.7 Å². The van der Waals surface area contributed by atoms with Gasteiger partial charge in [-0.25, -0.2) is 12.8 Å². The number of carbonyl (C=O) groups excluding carboxylic acids is 2. The lowest BCUT2D eigenvalue weighted by atomic mass is 10.2. The molecule has 0 aromatic heterocycles. The molecule has 2 amide bonds. The van der Waals surface area contributed by atoms with Crippen LogP contribution in [-0.4, -0.2) is 37.8 Å². The molecule has 1 saturated heterocycles. The normalized spacial score (nSPS) is 20.0. The average molecular weight is 314 g/mol. The zero-order chi connectivity index (χ0) is 15.5. The maximum atomic E-state index is 12.7. The van der Waals surface area contributed by atoms with Crippen LogP contribution in [0.15, 0.2) is 24.3 Å². The summed E-state index contributed by atoms with van der Waals surface area (Å²) in [7, 11) is -3.11. The van der Waals surface area contributed by atoms with Crippen LogP contribution < -0.4 is 10.6 Å². The molecule has 1 atom stereocenters. The van der Waals surface area contributed by atoms with Gasteiger partial charge >= 0.3 is 11.8 Å². The van der Waals surface area contributed by atoms with E-state index in [1.54, 1.807) is 0 Å². The number of halogens is 1. The van der Waals surface area contributed by atoms with Crippen molar-refractivity contribution in [3.05, 3.63) is 35.6 Å². The van der Waals surface area contributed by atoms with Crippen LogP contribution in [-0.2, 0) is 26.0 Å². The van der Waals surface area contributed by atoms with Crippen molar-refractivity contribution in [3.63, 3.8) is 0 Å². The minimum Gasteiger partial charge on any atom is -0.344 e. The first-order valence-corrected chi connectivity index (χ1v) is 8.21. The van der Waals surface area contributed by atoms with Gasteiger partial charge in [0.1, 0.15) is 5.82 Å².